The number of ether oxygens (including phenoxy) is 1. The standard InChI is InChI=1S/C12H22N4O2S/c1-5-9(6-2)16(7-8-18-4)11(17)10-14-15-12(13-3)19-10/h9H,5-8H2,1-4H3,(H,13,15). The van der Waals surface area contributed by atoms with E-state index in [2.05, 4.69) is 29.4 Å². The highest BCUT2D eigenvalue weighted by Gasteiger charge is 2.25. The van der Waals surface area contributed by atoms with Gasteiger partial charge in [0, 0.05) is 26.7 Å². The highest BCUT2D eigenvalue weighted by molar-refractivity contribution is 7.17. The van der Waals surface area contributed by atoms with Crippen LogP contribution in [0.2, 0.25) is 0 Å². The average Bonchev–Trinajstić information content (AvgIpc) is 2.91. The summed E-state index contributed by atoms with van der Waals surface area (Å²) in [5.74, 6) is -0.0650. The van der Waals surface area contributed by atoms with E-state index in [0.717, 1.165) is 12.8 Å². The maximum Gasteiger partial charge on any atom is 0.285 e. The second-order valence-corrected chi connectivity index (χ2v) is 5.10. The quantitative estimate of drug-likeness (QED) is 0.790. The van der Waals surface area contributed by atoms with Crippen molar-refractivity contribution in [1.82, 2.24) is 15.1 Å². The van der Waals surface area contributed by atoms with Crippen LogP contribution >= 0.6 is 11.3 Å². The molecule has 1 aromatic heterocycles. The molecule has 1 rings (SSSR count). The normalized spacial score (nSPS) is 10.8. The SMILES string of the molecule is CCC(CC)N(CCOC)C(=O)c1nnc(NC)s1. The fraction of sp³-hybridized carbons (Fsp3) is 0.750. The van der Waals surface area contributed by atoms with Gasteiger partial charge in [-0.15, -0.1) is 10.2 Å². The number of amides is 1. The molecule has 7 heteroatoms. The van der Waals surface area contributed by atoms with Gasteiger partial charge in [0.15, 0.2) is 0 Å². The van der Waals surface area contributed by atoms with Gasteiger partial charge in [-0.3, -0.25) is 4.79 Å². The topological polar surface area (TPSA) is 67.3 Å². The summed E-state index contributed by atoms with van der Waals surface area (Å²) in [5.41, 5.74) is 0. The molecule has 1 aromatic rings. The van der Waals surface area contributed by atoms with Crippen LogP contribution in [0.1, 0.15) is 36.5 Å². The highest BCUT2D eigenvalue weighted by atomic mass is 32.1. The van der Waals surface area contributed by atoms with Crippen LogP contribution in [0.15, 0.2) is 0 Å². The zero-order valence-corrected chi connectivity index (χ0v) is 12.8. The Morgan fingerprint density at radius 1 is 1.42 bits per heavy atom. The lowest BCUT2D eigenvalue weighted by Gasteiger charge is -2.29. The molecule has 1 N–H and O–H groups in total. The van der Waals surface area contributed by atoms with Gasteiger partial charge in [-0.25, -0.2) is 0 Å². The lowest BCUT2D eigenvalue weighted by atomic mass is 10.1. The maximum absolute atomic E-state index is 12.5. The molecule has 1 amide bonds. The Balaban J connectivity index is 2.85. The number of nitrogens with one attached hydrogen (secondary N) is 1. The van der Waals surface area contributed by atoms with Crippen LogP contribution in [-0.2, 0) is 4.74 Å². The minimum absolute atomic E-state index is 0.0650. The second-order valence-electron chi connectivity index (χ2n) is 4.12. The van der Waals surface area contributed by atoms with E-state index in [1.165, 1.54) is 11.3 Å². The van der Waals surface area contributed by atoms with Crippen molar-refractivity contribution in [3.8, 4) is 0 Å². The van der Waals surface area contributed by atoms with Gasteiger partial charge in [0.1, 0.15) is 0 Å². The summed E-state index contributed by atoms with van der Waals surface area (Å²) < 4.78 is 5.09. The molecule has 0 atom stereocenters. The van der Waals surface area contributed by atoms with Gasteiger partial charge in [-0.05, 0) is 12.8 Å². The maximum atomic E-state index is 12.5. The Morgan fingerprint density at radius 2 is 2.11 bits per heavy atom. The fourth-order valence-corrected chi connectivity index (χ4v) is 2.56. The number of carbonyl (C=O) groups is 1. The van der Waals surface area contributed by atoms with Crippen molar-refractivity contribution in [2.75, 3.05) is 32.6 Å². The van der Waals surface area contributed by atoms with E-state index in [0.29, 0.717) is 23.3 Å². The lowest BCUT2D eigenvalue weighted by Crippen LogP contribution is -2.41. The number of methoxy groups -OCH3 is 1. The van der Waals surface area contributed by atoms with E-state index < -0.39 is 0 Å². The molecular weight excluding hydrogens is 264 g/mol. The van der Waals surface area contributed by atoms with E-state index in [1.54, 1.807) is 14.2 Å². The van der Waals surface area contributed by atoms with E-state index >= 15 is 0 Å². The van der Waals surface area contributed by atoms with Crippen LogP contribution in [0.5, 0.6) is 0 Å². The van der Waals surface area contributed by atoms with Crippen LogP contribution in [0, 0.1) is 0 Å². The number of carbonyl (C=O) groups excluding carboxylic acids is 1. The van der Waals surface area contributed by atoms with Crippen LogP contribution in [-0.4, -0.2) is 54.4 Å². The molecule has 0 aliphatic rings. The van der Waals surface area contributed by atoms with Gasteiger partial charge in [0.2, 0.25) is 10.1 Å². The van der Waals surface area contributed by atoms with Crippen LogP contribution < -0.4 is 5.32 Å². The van der Waals surface area contributed by atoms with Crippen LogP contribution in [0.25, 0.3) is 0 Å². The summed E-state index contributed by atoms with van der Waals surface area (Å²) in [6.07, 6.45) is 1.84. The van der Waals surface area contributed by atoms with Crippen LogP contribution in [0.3, 0.4) is 0 Å². The molecule has 108 valence electrons. The second kappa shape index (κ2) is 8.06. The zero-order valence-electron chi connectivity index (χ0n) is 12.0. The molecule has 0 aliphatic heterocycles. The molecule has 0 saturated carbocycles. The number of rotatable bonds is 8. The summed E-state index contributed by atoms with van der Waals surface area (Å²) in [7, 11) is 3.40. The number of nitrogens with zero attached hydrogens (tertiary/aromatic N) is 3. The molecule has 6 nitrogen and oxygen atoms in total. The molecule has 0 aliphatic carbocycles. The van der Waals surface area contributed by atoms with Gasteiger partial charge in [-0.2, -0.15) is 0 Å². The summed E-state index contributed by atoms with van der Waals surface area (Å²) in [6.45, 7) is 5.27. The minimum Gasteiger partial charge on any atom is -0.383 e. The molecule has 0 spiro atoms. The Labute approximate surface area is 118 Å². The highest BCUT2D eigenvalue weighted by Crippen LogP contribution is 2.19. The molecule has 0 unspecified atom stereocenters. The summed E-state index contributed by atoms with van der Waals surface area (Å²) >= 11 is 1.28. The van der Waals surface area contributed by atoms with Gasteiger partial charge in [0.25, 0.3) is 5.91 Å². The van der Waals surface area contributed by atoms with Gasteiger partial charge in [0.05, 0.1) is 6.61 Å². The molecule has 1 heterocycles. The van der Waals surface area contributed by atoms with Gasteiger partial charge in [-0.1, -0.05) is 25.2 Å². The smallest absolute Gasteiger partial charge is 0.285 e. The van der Waals surface area contributed by atoms with E-state index in [-0.39, 0.29) is 11.9 Å². The summed E-state index contributed by atoms with van der Waals surface area (Å²) in [4.78, 5) is 14.3. The first-order valence-corrected chi connectivity index (χ1v) is 7.30. The molecule has 0 fully saturated rings. The van der Waals surface area contributed by atoms with Crippen molar-refractivity contribution >= 4 is 22.4 Å². The number of anilines is 1. The fourth-order valence-electron chi connectivity index (χ4n) is 1.90. The molecule has 0 bridgehead atoms. The third kappa shape index (κ3) is 4.14. The lowest BCUT2D eigenvalue weighted by molar-refractivity contribution is 0.0588. The third-order valence-corrected chi connectivity index (χ3v) is 3.93. The summed E-state index contributed by atoms with van der Waals surface area (Å²) in [6, 6.07) is 0.213. The molecule has 19 heavy (non-hydrogen) atoms. The minimum atomic E-state index is -0.0650. The van der Waals surface area contributed by atoms with Crippen LogP contribution in [0.4, 0.5) is 5.13 Å². The van der Waals surface area contributed by atoms with Crippen molar-refractivity contribution in [3.05, 3.63) is 5.01 Å². The van der Waals surface area contributed by atoms with Crippen molar-refractivity contribution in [1.29, 1.82) is 0 Å². The average molecular weight is 286 g/mol. The Hall–Kier alpha value is -1.21. The summed E-state index contributed by atoms with van der Waals surface area (Å²) in [5, 5.41) is 11.8. The first-order valence-electron chi connectivity index (χ1n) is 6.49. The Kier molecular flexibility index (Phi) is 6.72. The van der Waals surface area contributed by atoms with Crippen molar-refractivity contribution < 1.29 is 9.53 Å². The molecule has 0 radical (unpaired) electrons. The third-order valence-electron chi connectivity index (χ3n) is 3.00. The van der Waals surface area contributed by atoms with Gasteiger partial charge < -0.3 is 15.0 Å². The Morgan fingerprint density at radius 3 is 2.58 bits per heavy atom. The number of hydrogen-bond acceptors (Lipinski definition) is 6. The predicted molar refractivity (Wildman–Crippen MR) is 76.7 cm³/mol. The van der Waals surface area contributed by atoms with Crippen molar-refractivity contribution in [2.24, 2.45) is 0 Å². The molecule has 0 saturated heterocycles. The van der Waals surface area contributed by atoms with E-state index in [1.807, 2.05) is 4.90 Å². The monoisotopic (exact) mass is 286 g/mol. The number of aromatic nitrogens is 2. The first-order chi connectivity index (χ1) is 9.17. The molecular formula is C12H22N4O2S. The van der Waals surface area contributed by atoms with E-state index in [9.17, 15) is 4.79 Å². The van der Waals surface area contributed by atoms with Crippen molar-refractivity contribution in [3.63, 3.8) is 0 Å². The first kappa shape index (κ1) is 15.8. The zero-order chi connectivity index (χ0) is 14.3. The Bertz CT molecular complexity index is 393. The predicted octanol–water partition coefficient (Wildman–Crippen LogP) is 1.86. The largest absolute Gasteiger partial charge is 0.383 e. The van der Waals surface area contributed by atoms with E-state index in [4.69, 9.17) is 4.74 Å². The molecule has 0 aromatic carbocycles. The van der Waals surface area contributed by atoms with Gasteiger partial charge >= 0.3 is 0 Å². The van der Waals surface area contributed by atoms with Crippen molar-refractivity contribution in [2.45, 2.75) is 32.7 Å². The number of hydrogen-bond donors (Lipinski definition) is 1.